The summed E-state index contributed by atoms with van der Waals surface area (Å²) in [4.78, 5) is 0. The Morgan fingerprint density at radius 1 is 1.38 bits per heavy atom. The number of rotatable bonds is 1. The van der Waals surface area contributed by atoms with Crippen molar-refractivity contribution in [2.45, 2.75) is 20.8 Å². The number of aryl methyl sites for hydroxylation is 1. The van der Waals surface area contributed by atoms with Gasteiger partial charge in [-0.05, 0) is 38.0 Å². The second-order valence-corrected chi connectivity index (χ2v) is 3.44. The molecule has 0 saturated carbocycles. The summed E-state index contributed by atoms with van der Waals surface area (Å²) in [6.07, 6.45) is 3.74. The molecule has 0 bridgehead atoms. The molecule has 13 heavy (non-hydrogen) atoms. The smallest absolute Gasteiger partial charge is 0.123 e. The first-order valence-corrected chi connectivity index (χ1v) is 4.57. The zero-order valence-electron chi connectivity index (χ0n) is 8.06. The Labute approximate surface area is 83.7 Å². The molecule has 0 saturated heterocycles. The van der Waals surface area contributed by atoms with E-state index in [0.717, 1.165) is 21.7 Å². The number of phenolic OH excluding ortho intramolecular Hbond substituents is 1. The van der Waals surface area contributed by atoms with Gasteiger partial charge in [-0.15, -0.1) is 0 Å². The second-order valence-electron chi connectivity index (χ2n) is 3.07. The Bertz CT molecular complexity index is 354. The largest absolute Gasteiger partial charge is 0.507 e. The lowest BCUT2D eigenvalue weighted by Gasteiger charge is -2.08. The lowest BCUT2D eigenvalue weighted by Crippen LogP contribution is -1.87. The first kappa shape index (κ1) is 10.1. The fraction of sp³-hybridized carbons (Fsp3) is 0.273. The van der Waals surface area contributed by atoms with Crippen LogP contribution in [0.25, 0.3) is 6.08 Å². The van der Waals surface area contributed by atoms with Crippen molar-refractivity contribution in [1.29, 1.82) is 0 Å². The van der Waals surface area contributed by atoms with E-state index in [2.05, 4.69) is 0 Å². The van der Waals surface area contributed by atoms with Gasteiger partial charge < -0.3 is 5.11 Å². The zero-order chi connectivity index (χ0) is 10.0. The van der Waals surface area contributed by atoms with Crippen LogP contribution < -0.4 is 0 Å². The molecule has 0 aromatic heterocycles. The molecule has 0 aliphatic heterocycles. The highest BCUT2D eigenvalue weighted by Crippen LogP contribution is 2.31. The van der Waals surface area contributed by atoms with Gasteiger partial charge in [-0.1, -0.05) is 23.8 Å². The van der Waals surface area contributed by atoms with Gasteiger partial charge in [-0.2, -0.15) is 0 Å². The van der Waals surface area contributed by atoms with Crippen molar-refractivity contribution < 1.29 is 5.11 Å². The number of benzene rings is 1. The van der Waals surface area contributed by atoms with Gasteiger partial charge >= 0.3 is 0 Å². The second kappa shape index (κ2) is 3.84. The first-order chi connectivity index (χ1) is 6.07. The lowest BCUT2D eigenvalue weighted by molar-refractivity contribution is 0.473. The van der Waals surface area contributed by atoms with E-state index in [9.17, 15) is 5.11 Å². The highest BCUT2D eigenvalue weighted by atomic mass is 35.5. The van der Waals surface area contributed by atoms with Crippen molar-refractivity contribution in [3.63, 3.8) is 0 Å². The fourth-order valence-corrected chi connectivity index (χ4v) is 1.49. The average molecular weight is 197 g/mol. The molecule has 1 rings (SSSR count). The maximum Gasteiger partial charge on any atom is 0.123 e. The number of halogens is 1. The third-order valence-corrected chi connectivity index (χ3v) is 2.62. The Balaban J connectivity index is 3.43. The predicted octanol–water partition coefficient (Wildman–Crippen LogP) is 3.70. The van der Waals surface area contributed by atoms with Crippen LogP contribution >= 0.6 is 11.6 Å². The van der Waals surface area contributed by atoms with Crippen LogP contribution in [0.2, 0.25) is 5.02 Å². The molecule has 0 spiro atoms. The molecular formula is C11H13ClO. The quantitative estimate of drug-likeness (QED) is 0.726. The van der Waals surface area contributed by atoms with Crippen LogP contribution in [-0.2, 0) is 0 Å². The van der Waals surface area contributed by atoms with Crippen LogP contribution in [0.3, 0.4) is 0 Å². The molecule has 0 atom stereocenters. The number of allylic oxidation sites excluding steroid dienone is 1. The van der Waals surface area contributed by atoms with E-state index in [-0.39, 0.29) is 5.75 Å². The zero-order valence-corrected chi connectivity index (χ0v) is 8.81. The molecule has 1 aromatic rings. The van der Waals surface area contributed by atoms with Crippen LogP contribution in [0, 0.1) is 13.8 Å². The standard InChI is InChI=1S/C11H13ClO/c1-4-5-9-8(3)11(12)7(2)6-10(9)13/h4-6,13H,1-3H3/b5-4+. The Hall–Kier alpha value is -0.950. The van der Waals surface area contributed by atoms with Crippen LogP contribution in [0.15, 0.2) is 12.1 Å². The molecule has 1 nitrogen and oxygen atoms in total. The Morgan fingerprint density at radius 3 is 2.54 bits per heavy atom. The molecule has 0 heterocycles. The van der Waals surface area contributed by atoms with Gasteiger partial charge in [0.15, 0.2) is 0 Å². The van der Waals surface area contributed by atoms with E-state index in [0.29, 0.717) is 0 Å². The van der Waals surface area contributed by atoms with Gasteiger partial charge in [0.05, 0.1) is 0 Å². The highest BCUT2D eigenvalue weighted by molar-refractivity contribution is 6.32. The molecule has 70 valence electrons. The van der Waals surface area contributed by atoms with Crippen molar-refractivity contribution in [3.05, 3.63) is 33.9 Å². The van der Waals surface area contributed by atoms with Gasteiger partial charge in [0.25, 0.3) is 0 Å². The fourth-order valence-electron chi connectivity index (χ4n) is 1.33. The van der Waals surface area contributed by atoms with E-state index < -0.39 is 0 Å². The summed E-state index contributed by atoms with van der Waals surface area (Å²) in [7, 11) is 0. The summed E-state index contributed by atoms with van der Waals surface area (Å²) >= 11 is 6.05. The summed E-state index contributed by atoms with van der Waals surface area (Å²) in [5.74, 6) is 0.289. The summed E-state index contributed by atoms with van der Waals surface area (Å²) in [6, 6.07) is 1.69. The molecule has 2 heteroatoms. The van der Waals surface area contributed by atoms with Crippen LogP contribution in [0.1, 0.15) is 23.6 Å². The van der Waals surface area contributed by atoms with E-state index in [1.54, 1.807) is 6.07 Å². The molecule has 0 amide bonds. The number of hydrogen-bond acceptors (Lipinski definition) is 1. The SMILES string of the molecule is C/C=C/c1c(O)cc(C)c(Cl)c1C. The predicted molar refractivity (Wildman–Crippen MR) is 57.3 cm³/mol. The third kappa shape index (κ3) is 1.86. The molecule has 1 aromatic carbocycles. The molecule has 0 aliphatic rings. The van der Waals surface area contributed by atoms with E-state index in [1.807, 2.05) is 32.9 Å². The van der Waals surface area contributed by atoms with Crippen molar-refractivity contribution in [1.82, 2.24) is 0 Å². The third-order valence-electron chi connectivity index (χ3n) is 2.04. The molecule has 1 N–H and O–H groups in total. The maximum absolute atomic E-state index is 9.62. The van der Waals surface area contributed by atoms with E-state index in [1.165, 1.54) is 0 Å². The monoisotopic (exact) mass is 196 g/mol. The van der Waals surface area contributed by atoms with Crippen LogP contribution in [-0.4, -0.2) is 5.11 Å². The van der Waals surface area contributed by atoms with Crippen molar-refractivity contribution in [2.24, 2.45) is 0 Å². The maximum atomic E-state index is 9.62. The average Bonchev–Trinajstić information content (AvgIpc) is 2.09. The summed E-state index contributed by atoms with van der Waals surface area (Å²) in [6.45, 7) is 5.70. The van der Waals surface area contributed by atoms with Crippen LogP contribution in [0.4, 0.5) is 0 Å². The molecule has 0 aliphatic carbocycles. The minimum atomic E-state index is 0.289. The van der Waals surface area contributed by atoms with Gasteiger partial charge in [0.1, 0.15) is 5.75 Å². The van der Waals surface area contributed by atoms with Gasteiger partial charge in [0.2, 0.25) is 0 Å². The summed E-state index contributed by atoms with van der Waals surface area (Å²) in [5.41, 5.74) is 2.64. The minimum Gasteiger partial charge on any atom is -0.507 e. The van der Waals surface area contributed by atoms with Crippen molar-refractivity contribution in [3.8, 4) is 5.75 Å². The normalized spacial score (nSPS) is 11.1. The van der Waals surface area contributed by atoms with Gasteiger partial charge in [-0.3, -0.25) is 0 Å². The van der Waals surface area contributed by atoms with Crippen molar-refractivity contribution >= 4 is 17.7 Å². The summed E-state index contributed by atoms with van der Waals surface area (Å²) in [5, 5.41) is 10.3. The van der Waals surface area contributed by atoms with E-state index in [4.69, 9.17) is 11.6 Å². The topological polar surface area (TPSA) is 20.2 Å². The molecular weight excluding hydrogens is 184 g/mol. The summed E-state index contributed by atoms with van der Waals surface area (Å²) < 4.78 is 0. The Kier molecular flexibility index (Phi) is 2.99. The number of phenols is 1. The minimum absolute atomic E-state index is 0.289. The van der Waals surface area contributed by atoms with Gasteiger partial charge in [0, 0.05) is 10.6 Å². The number of aromatic hydroxyl groups is 1. The van der Waals surface area contributed by atoms with Gasteiger partial charge in [-0.25, -0.2) is 0 Å². The molecule has 0 fully saturated rings. The lowest BCUT2D eigenvalue weighted by atomic mass is 10.0. The first-order valence-electron chi connectivity index (χ1n) is 4.19. The van der Waals surface area contributed by atoms with Crippen molar-refractivity contribution in [2.75, 3.05) is 0 Å². The number of hydrogen-bond donors (Lipinski definition) is 1. The van der Waals surface area contributed by atoms with E-state index >= 15 is 0 Å². The van der Waals surface area contributed by atoms with Crippen LogP contribution in [0.5, 0.6) is 5.75 Å². The molecule has 0 unspecified atom stereocenters. The Morgan fingerprint density at radius 2 is 2.00 bits per heavy atom. The highest BCUT2D eigenvalue weighted by Gasteiger charge is 2.08. The molecule has 0 radical (unpaired) electrons.